The fourth-order valence-electron chi connectivity index (χ4n) is 2.63. The van der Waals surface area contributed by atoms with Crippen molar-refractivity contribution in [1.82, 2.24) is 14.8 Å². The van der Waals surface area contributed by atoms with Crippen molar-refractivity contribution >= 4 is 40.4 Å². The fraction of sp³-hybridized carbons (Fsp3) is 0.412. The van der Waals surface area contributed by atoms with Crippen LogP contribution in [-0.2, 0) is 17.8 Å². The lowest BCUT2D eigenvalue weighted by Gasteiger charge is -2.25. The Morgan fingerprint density at radius 3 is 2.84 bits per heavy atom. The smallest absolute Gasteiger partial charge is 0.255 e. The third-order valence-electron chi connectivity index (χ3n) is 3.97. The van der Waals surface area contributed by atoms with Gasteiger partial charge in [0.1, 0.15) is 5.01 Å². The maximum absolute atomic E-state index is 12.6. The molecule has 1 amide bonds. The molecule has 2 aromatic rings. The summed E-state index contributed by atoms with van der Waals surface area (Å²) in [6.45, 7) is 4.69. The molecule has 1 aromatic carbocycles. The van der Waals surface area contributed by atoms with E-state index in [1.165, 1.54) is 0 Å². The molecule has 5 nitrogen and oxygen atoms in total. The van der Waals surface area contributed by atoms with Crippen LogP contribution in [-0.4, -0.2) is 54.0 Å². The molecule has 0 saturated carbocycles. The predicted molar refractivity (Wildman–Crippen MR) is 100 cm³/mol. The van der Waals surface area contributed by atoms with Gasteiger partial charge in [-0.15, -0.1) is 11.3 Å². The molecular weight excluding hydrogens is 381 g/mol. The Morgan fingerprint density at radius 2 is 2.12 bits per heavy atom. The Bertz CT molecular complexity index is 747. The van der Waals surface area contributed by atoms with E-state index in [0.717, 1.165) is 43.5 Å². The first-order valence-corrected chi connectivity index (χ1v) is 9.60. The van der Waals surface area contributed by atoms with E-state index < -0.39 is 0 Å². The van der Waals surface area contributed by atoms with E-state index in [1.54, 1.807) is 41.5 Å². The molecule has 1 saturated heterocycles. The number of hydrogen-bond acceptors (Lipinski definition) is 5. The third kappa shape index (κ3) is 4.92. The SMILES string of the molecule is CN(Cc1csc(CN2CCOCC2)n1)C(=O)c1ccc(Cl)cc1Cl. The number of aromatic nitrogens is 1. The Hall–Kier alpha value is -1.18. The Morgan fingerprint density at radius 1 is 1.36 bits per heavy atom. The Kier molecular flexibility index (Phi) is 6.30. The predicted octanol–water partition coefficient (Wildman–Crippen LogP) is 3.55. The largest absolute Gasteiger partial charge is 0.379 e. The maximum Gasteiger partial charge on any atom is 0.255 e. The van der Waals surface area contributed by atoms with Gasteiger partial charge in [-0.2, -0.15) is 0 Å². The molecule has 25 heavy (non-hydrogen) atoms. The number of amides is 1. The van der Waals surface area contributed by atoms with E-state index in [4.69, 9.17) is 27.9 Å². The Labute approximate surface area is 161 Å². The molecule has 3 rings (SSSR count). The first kappa shape index (κ1) is 18.6. The number of benzene rings is 1. The van der Waals surface area contributed by atoms with E-state index in [2.05, 4.69) is 9.88 Å². The number of thiazole rings is 1. The highest BCUT2D eigenvalue weighted by atomic mass is 35.5. The van der Waals surface area contributed by atoms with E-state index in [1.807, 2.05) is 5.38 Å². The molecule has 1 aliphatic rings. The Balaban J connectivity index is 1.60. The highest BCUT2D eigenvalue weighted by molar-refractivity contribution is 7.09. The zero-order valence-electron chi connectivity index (χ0n) is 13.9. The summed E-state index contributed by atoms with van der Waals surface area (Å²) < 4.78 is 5.36. The van der Waals surface area contributed by atoms with Gasteiger partial charge in [0.15, 0.2) is 0 Å². The number of hydrogen-bond donors (Lipinski definition) is 0. The maximum atomic E-state index is 12.6. The van der Waals surface area contributed by atoms with Crippen LogP contribution in [0.5, 0.6) is 0 Å². The van der Waals surface area contributed by atoms with Crippen molar-refractivity contribution < 1.29 is 9.53 Å². The average molecular weight is 400 g/mol. The van der Waals surface area contributed by atoms with E-state index in [9.17, 15) is 4.79 Å². The van der Waals surface area contributed by atoms with Crippen LogP contribution in [0, 0.1) is 0 Å². The zero-order valence-corrected chi connectivity index (χ0v) is 16.2. The molecule has 0 spiro atoms. The second-order valence-electron chi connectivity index (χ2n) is 5.91. The third-order valence-corrected chi connectivity index (χ3v) is 5.40. The number of carbonyl (C=O) groups is 1. The van der Waals surface area contributed by atoms with E-state index in [0.29, 0.717) is 22.2 Å². The number of nitrogens with zero attached hydrogens (tertiary/aromatic N) is 3. The van der Waals surface area contributed by atoms with Crippen molar-refractivity contribution in [2.75, 3.05) is 33.4 Å². The van der Waals surface area contributed by atoms with Crippen LogP contribution in [0.3, 0.4) is 0 Å². The van der Waals surface area contributed by atoms with Crippen LogP contribution in [0.1, 0.15) is 21.1 Å². The lowest BCUT2D eigenvalue weighted by Crippen LogP contribution is -2.35. The van der Waals surface area contributed by atoms with Crippen LogP contribution in [0.4, 0.5) is 0 Å². The molecule has 0 N–H and O–H groups in total. The molecular formula is C17H19Cl2N3O2S. The number of ether oxygens (including phenoxy) is 1. The van der Waals surface area contributed by atoms with Gasteiger partial charge in [-0.1, -0.05) is 23.2 Å². The normalized spacial score (nSPS) is 15.3. The van der Waals surface area contributed by atoms with Crippen LogP contribution < -0.4 is 0 Å². The fourth-order valence-corrected chi connectivity index (χ4v) is 3.94. The van der Waals surface area contributed by atoms with Gasteiger partial charge >= 0.3 is 0 Å². The molecule has 134 valence electrons. The number of carbonyl (C=O) groups excluding carboxylic acids is 1. The van der Waals surface area contributed by atoms with Crippen molar-refractivity contribution in [3.63, 3.8) is 0 Å². The summed E-state index contributed by atoms with van der Waals surface area (Å²) in [4.78, 5) is 21.1. The summed E-state index contributed by atoms with van der Waals surface area (Å²) in [5.74, 6) is -0.149. The minimum atomic E-state index is -0.149. The molecule has 1 aliphatic heterocycles. The van der Waals surface area contributed by atoms with Crippen molar-refractivity contribution in [2.45, 2.75) is 13.1 Å². The molecule has 0 radical (unpaired) electrons. The molecule has 1 aromatic heterocycles. The summed E-state index contributed by atoms with van der Waals surface area (Å²) in [5.41, 5.74) is 1.33. The summed E-state index contributed by atoms with van der Waals surface area (Å²) in [7, 11) is 1.74. The molecule has 1 fully saturated rings. The van der Waals surface area contributed by atoms with Crippen molar-refractivity contribution in [2.24, 2.45) is 0 Å². The van der Waals surface area contributed by atoms with Crippen molar-refractivity contribution in [1.29, 1.82) is 0 Å². The topological polar surface area (TPSA) is 45.7 Å². The van der Waals surface area contributed by atoms with Gasteiger partial charge in [0.05, 0.1) is 42.6 Å². The molecule has 8 heteroatoms. The lowest BCUT2D eigenvalue weighted by molar-refractivity contribution is 0.0341. The number of morpholine rings is 1. The minimum Gasteiger partial charge on any atom is -0.379 e. The van der Waals surface area contributed by atoms with E-state index in [-0.39, 0.29) is 5.91 Å². The van der Waals surface area contributed by atoms with Crippen molar-refractivity contribution in [3.8, 4) is 0 Å². The summed E-state index contributed by atoms with van der Waals surface area (Å²) >= 11 is 13.6. The second kappa shape index (κ2) is 8.47. The zero-order chi connectivity index (χ0) is 17.8. The van der Waals surface area contributed by atoms with Gasteiger partial charge in [-0.3, -0.25) is 9.69 Å². The number of halogens is 2. The summed E-state index contributed by atoms with van der Waals surface area (Å²) in [6.07, 6.45) is 0. The van der Waals surface area contributed by atoms with Gasteiger partial charge in [0.2, 0.25) is 0 Å². The average Bonchev–Trinajstić information content (AvgIpc) is 3.02. The van der Waals surface area contributed by atoms with Crippen LogP contribution in [0.15, 0.2) is 23.6 Å². The van der Waals surface area contributed by atoms with Gasteiger partial charge in [0.25, 0.3) is 5.91 Å². The van der Waals surface area contributed by atoms with Gasteiger partial charge < -0.3 is 9.64 Å². The molecule has 0 atom stereocenters. The van der Waals surface area contributed by atoms with E-state index >= 15 is 0 Å². The molecule has 0 bridgehead atoms. The van der Waals surface area contributed by atoms with Gasteiger partial charge in [0, 0.05) is 30.5 Å². The highest BCUT2D eigenvalue weighted by Crippen LogP contribution is 2.23. The summed E-state index contributed by atoms with van der Waals surface area (Å²) in [5, 5.41) is 3.93. The standard InChI is InChI=1S/C17H19Cl2N3O2S/c1-21(17(23)14-3-2-12(18)8-15(14)19)9-13-11-25-16(20-13)10-22-4-6-24-7-5-22/h2-3,8,11H,4-7,9-10H2,1H3. The highest BCUT2D eigenvalue weighted by Gasteiger charge is 2.18. The van der Waals surface area contributed by atoms with Crippen molar-refractivity contribution in [3.05, 3.63) is 49.9 Å². The number of rotatable bonds is 5. The quantitative estimate of drug-likeness (QED) is 0.770. The monoisotopic (exact) mass is 399 g/mol. The van der Waals surface area contributed by atoms with Crippen LogP contribution in [0.2, 0.25) is 10.0 Å². The summed E-state index contributed by atoms with van der Waals surface area (Å²) in [6, 6.07) is 4.89. The van der Waals surface area contributed by atoms with Crippen LogP contribution >= 0.6 is 34.5 Å². The first-order valence-electron chi connectivity index (χ1n) is 7.97. The minimum absolute atomic E-state index is 0.149. The first-order chi connectivity index (χ1) is 12.0. The molecule has 0 unspecified atom stereocenters. The molecule has 2 heterocycles. The van der Waals surface area contributed by atoms with Crippen LogP contribution in [0.25, 0.3) is 0 Å². The van der Waals surface area contributed by atoms with Gasteiger partial charge in [-0.25, -0.2) is 4.98 Å². The second-order valence-corrected chi connectivity index (χ2v) is 7.69. The van der Waals surface area contributed by atoms with Gasteiger partial charge in [-0.05, 0) is 18.2 Å². The molecule has 0 aliphatic carbocycles. The lowest BCUT2D eigenvalue weighted by atomic mass is 10.2.